The lowest BCUT2D eigenvalue weighted by atomic mass is 10.0. The molecule has 7 heteroatoms. The summed E-state index contributed by atoms with van der Waals surface area (Å²) in [4.78, 5) is 11.1. The van der Waals surface area contributed by atoms with Crippen LogP contribution in [0.2, 0.25) is 0 Å². The van der Waals surface area contributed by atoms with Crippen LogP contribution in [0.4, 0.5) is 13.2 Å². The molecule has 0 aliphatic carbocycles. The first-order valence-electron chi connectivity index (χ1n) is 6.66. The third kappa shape index (κ3) is 4.10. The molecule has 1 unspecified atom stereocenters. The zero-order valence-electron chi connectivity index (χ0n) is 11.6. The second-order valence-corrected chi connectivity index (χ2v) is 4.92. The van der Waals surface area contributed by atoms with Crippen molar-refractivity contribution in [2.75, 3.05) is 13.7 Å². The van der Waals surface area contributed by atoms with E-state index < -0.39 is 12.2 Å². The highest BCUT2D eigenvalue weighted by molar-refractivity contribution is 5.77. The number of hydrazine groups is 1. The summed E-state index contributed by atoms with van der Waals surface area (Å²) in [5.74, 6) is 0.298. The van der Waals surface area contributed by atoms with Crippen molar-refractivity contribution in [3.05, 3.63) is 29.8 Å². The minimum Gasteiger partial charge on any atom is -0.497 e. The first kappa shape index (κ1) is 15.6. The van der Waals surface area contributed by atoms with Crippen LogP contribution in [0.15, 0.2) is 24.3 Å². The predicted molar refractivity (Wildman–Crippen MR) is 70.6 cm³/mol. The average Bonchev–Trinajstić information content (AvgIpc) is 2.84. The number of carbonyl (C=O) groups excluding carboxylic acids is 1. The van der Waals surface area contributed by atoms with Gasteiger partial charge in [-0.25, -0.2) is 5.01 Å². The molecule has 0 aromatic heterocycles. The molecule has 0 radical (unpaired) electrons. The van der Waals surface area contributed by atoms with Gasteiger partial charge in [-0.05, 0) is 30.5 Å². The number of benzene rings is 1. The second-order valence-electron chi connectivity index (χ2n) is 4.92. The summed E-state index contributed by atoms with van der Waals surface area (Å²) in [6.07, 6.45) is -4.09. The van der Waals surface area contributed by atoms with Gasteiger partial charge in [0.15, 0.2) is 0 Å². The normalized spacial score (nSPS) is 17.6. The number of nitrogens with zero attached hydrogens (tertiary/aromatic N) is 1. The van der Waals surface area contributed by atoms with Crippen LogP contribution in [0.1, 0.15) is 18.4 Å². The average molecular weight is 302 g/mol. The minimum atomic E-state index is -4.37. The molecule has 1 atom stereocenters. The van der Waals surface area contributed by atoms with E-state index in [9.17, 15) is 18.0 Å². The van der Waals surface area contributed by atoms with E-state index in [1.165, 1.54) is 7.11 Å². The van der Waals surface area contributed by atoms with Crippen LogP contribution in [0.3, 0.4) is 0 Å². The van der Waals surface area contributed by atoms with Crippen molar-refractivity contribution in [2.24, 2.45) is 0 Å². The number of alkyl halides is 3. The SMILES string of the molecule is COc1ccc(CCC(N2CCC(=O)N2)C(F)(F)F)cc1. The molecule has 1 N–H and O–H groups in total. The van der Waals surface area contributed by atoms with E-state index in [2.05, 4.69) is 5.43 Å². The Morgan fingerprint density at radius 3 is 2.48 bits per heavy atom. The van der Waals surface area contributed by atoms with Crippen molar-refractivity contribution >= 4 is 5.91 Å². The summed E-state index contributed by atoms with van der Waals surface area (Å²) < 4.78 is 44.3. The van der Waals surface area contributed by atoms with Gasteiger partial charge in [-0.15, -0.1) is 0 Å². The van der Waals surface area contributed by atoms with Crippen molar-refractivity contribution in [3.8, 4) is 5.75 Å². The molecule has 1 aliphatic heterocycles. The number of halogens is 3. The molecular formula is C14H17F3N2O2. The zero-order chi connectivity index (χ0) is 15.5. The maximum absolute atomic E-state index is 13.1. The fraction of sp³-hybridized carbons (Fsp3) is 0.500. The number of carbonyl (C=O) groups is 1. The topological polar surface area (TPSA) is 41.6 Å². The second kappa shape index (κ2) is 6.34. The summed E-state index contributed by atoms with van der Waals surface area (Å²) in [5, 5.41) is 0.992. The number of amides is 1. The lowest BCUT2D eigenvalue weighted by Crippen LogP contribution is -2.50. The molecule has 0 bridgehead atoms. The lowest BCUT2D eigenvalue weighted by Gasteiger charge is -2.28. The molecule has 1 aliphatic rings. The molecule has 1 fully saturated rings. The Bertz CT molecular complexity index is 488. The maximum atomic E-state index is 13.1. The minimum absolute atomic E-state index is 0.0889. The smallest absolute Gasteiger partial charge is 0.405 e. The van der Waals surface area contributed by atoms with Crippen LogP contribution < -0.4 is 10.2 Å². The molecule has 21 heavy (non-hydrogen) atoms. The van der Waals surface area contributed by atoms with Crippen molar-refractivity contribution in [1.82, 2.24) is 10.4 Å². The Hall–Kier alpha value is -1.76. The van der Waals surface area contributed by atoms with Crippen LogP contribution in [0.25, 0.3) is 0 Å². The van der Waals surface area contributed by atoms with E-state index >= 15 is 0 Å². The van der Waals surface area contributed by atoms with Gasteiger partial charge in [-0.1, -0.05) is 12.1 Å². The summed E-state index contributed by atoms with van der Waals surface area (Å²) in [6.45, 7) is 0.0889. The van der Waals surface area contributed by atoms with Crippen molar-refractivity contribution in [2.45, 2.75) is 31.5 Å². The van der Waals surface area contributed by atoms with Gasteiger partial charge in [-0.3, -0.25) is 10.2 Å². The van der Waals surface area contributed by atoms with Crippen molar-refractivity contribution < 1.29 is 22.7 Å². The van der Waals surface area contributed by atoms with E-state index in [1.54, 1.807) is 24.3 Å². The van der Waals surface area contributed by atoms with Gasteiger partial charge in [0.1, 0.15) is 11.8 Å². The summed E-state index contributed by atoms with van der Waals surface area (Å²) in [5.41, 5.74) is 3.07. The quantitative estimate of drug-likeness (QED) is 0.907. The molecule has 1 heterocycles. The monoisotopic (exact) mass is 302 g/mol. The van der Waals surface area contributed by atoms with E-state index in [0.29, 0.717) is 5.75 Å². The fourth-order valence-corrected chi connectivity index (χ4v) is 2.32. The molecular weight excluding hydrogens is 285 g/mol. The van der Waals surface area contributed by atoms with Crippen LogP contribution >= 0.6 is 0 Å². The van der Waals surface area contributed by atoms with Gasteiger partial charge in [0.05, 0.1) is 7.11 Å². The number of hydrogen-bond acceptors (Lipinski definition) is 3. The van der Waals surface area contributed by atoms with Gasteiger partial charge >= 0.3 is 6.18 Å². The summed E-state index contributed by atoms with van der Waals surface area (Å²) >= 11 is 0. The van der Waals surface area contributed by atoms with E-state index in [-0.39, 0.29) is 31.7 Å². The Balaban J connectivity index is 2.00. The van der Waals surface area contributed by atoms with Crippen LogP contribution in [-0.4, -0.2) is 36.8 Å². The fourth-order valence-electron chi connectivity index (χ4n) is 2.32. The Labute approximate surface area is 120 Å². The number of hydrogen-bond donors (Lipinski definition) is 1. The van der Waals surface area contributed by atoms with Crippen LogP contribution in [-0.2, 0) is 11.2 Å². The molecule has 1 amide bonds. The first-order chi connectivity index (χ1) is 9.90. The Kier molecular flexibility index (Phi) is 4.72. The van der Waals surface area contributed by atoms with Gasteiger partial charge < -0.3 is 4.74 Å². The number of aryl methyl sites for hydroxylation is 1. The van der Waals surface area contributed by atoms with Gasteiger partial charge in [0.2, 0.25) is 5.91 Å². The van der Waals surface area contributed by atoms with E-state index in [0.717, 1.165) is 10.6 Å². The standard InChI is InChI=1S/C14H17F3N2O2/c1-21-11-5-2-10(3-6-11)4-7-12(14(15,16)17)19-9-8-13(20)18-19/h2-3,5-6,12H,4,7-9H2,1H3,(H,18,20). The third-order valence-corrected chi connectivity index (χ3v) is 3.47. The summed E-state index contributed by atoms with van der Waals surface area (Å²) in [6, 6.07) is 5.26. The molecule has 1 aromatic carbocycles. The molecule has 116 valence electrons. The number of rotatable bonds is 5. The third-order valence-electron chi connectivity index (χ3n) is 3.47. The summed E-state index contributed by atoms with van der Waals surface area (Å²) in [7, 11) is 1.53. The Morgan fingerprint density at radius 1 is 1.33 bits per heavy atom. The highest BCUT2D eigenvalue weighted by Crippen LogP contribution is 2.29. The van der Waals surface area contributed by atoms with Crippen LogP contribution in [0, 0.1) is 0 Å². The first-order valence-corrected chi connectivity index (χ1v) is 6.66. The van der Waals surface area contributed by atoms with Gasteiger partial charge in [-0.2, -0.15) is 13.2 Å². The zero-order valence-corrected chi connectivity index (χ0v) is 11.6. The lowest BCUT2D eigenvalue weighted by molar-refractivity contribution is -0.189. The van der Waals surface area contributed by atoms with Crippen LogP contribution in [0.5, 0.6) is 5.75 Å². The molecule has 0 spiro atoms. The van der Waals surface area contributed by atoms with E-state index in [4.69, 9.17) is 4.74 Å². The highest BCUT2D eigenvalue weighted by atomic mass is 19.4. The molecule has 2 rings (SSSR count). The van der Waals surface area contributed by atoms with Gasteiger partial charge in [0.25, 0.3) is 0 Å². The maximum Gasteiger partial charge on any atom is 0.405 e. The predicted octanol–water partition coefficient (Wildman–Crippen LogP) is 2.30. The number of methoxy groups -OCH3 is 1. The molecule has 1 aromatic rings. The Morgan fingerprint density at radius 2 is 2.00 bits per heavy atom. The largest absolute Gasteiger partial charge is 0.497 e. The van der Waals surface area contributed by atoms with Crippen molar-refractivity contribution in [3.63, 3.8) is 0 Å². The van der Waals surface area contributed by atoms with Gasteiger partial charge in [0, 0.05) is 13.0 Å². The molecule has 0 saturated carbocycles. The number of ether oxygens (including phenoxy) is 1. The number of nitrogens with one attached hydrogen (secondary N) is 1. The molecule has 4 nitrogen and oxygen atoms in total. The van der Waals surface area contributed by atoms with E-state index in [1.807, 2.05) is 0 Å². The highest BCUT2D eigenvalue weighted by Gasteiger charge is 2.45. The van der Waals surface area contributed by atoms with Crippen molar-refractivity contribution in [1.29, 1.82) is 0 Å². The molecule has 1 saturated heterocycles.